The zero-order valence-electron chi connectivity index (χ0n) is 8.00. The summed E-state index contributed by atoms with van der Waals surface area (Å²) in [7, 11) is -2.35. The normalized spacial score (nSPS) is 10.7. The molecule has 0 atom stereocenters. The van der Waals surface area contributed by atoms with Crippen molar-refractivity contribution in [2.75, 3.05) is 7.11 Å². The van der Waals surface area contributed by atoms with Gasteiger partial charge in [0.05, 0.1) is 12.0 Å². The Morgan fingerprint density at radius 2 is 2.27 bits per heavy atom. The molecule has 80 valence electrons. The molecule has 0 saturated carbocycles. The molecule has 0 amide bonds. The van der Waals surface area contributed by atoms with Gasteiger partial charge in [0.15, 0.2) is 9.84 Å². The maximum Gasteiger partial charge on any atom is 0.356 e. The minimum absolute atomic E-state index is 0.0344. The third-order valence-electron chi connectivity index (χ3n) is 1.67. The molecule has 0 unspecified atom stereocenters. The first-order chi connectivity index (χ1) is 7.01. The molecule has 15 heavy (non-hydrogen) atoms. The van der Waals surface area contributed by atoms with Crippen molar-refractivity contribution >= 4 is 15.8 Å². The molecule has 0 spiro atoms. The molecule has 0 aliphatic rings. The van der Waals surface area contributed by atoms with E-state index >= 15 is 0 Å². The van der Waals surface area contributed by atoms with E-state index in [0.29, 0.717) is 0 Å². The first-order valence-electron chi connectivity index (χ1n) is 3.93. The number of aromatic nitrogens is 1. The monoisotopic (exact) mass is 227 g/mol. The maximum atomic E-state index is 11.4. The molecule has 0 bridgehead atoms. The zero-order valence-corrected chi connectivity index (χ0v) is 8.82. The number of carbonyl (C=O) groups excluding carboxylic acids is 1. The molecule has 1 aromatic heterocycles. The van der Waals surface area contributed by atoms with Crippen LogP contribution >= 0.6 is 0 Å². The summed E-state index contributed by atoms with van der Waals surface area (Å²) in [5.41, 5.74) is -0.0552. The predicted molar refractivity (Wildman–Crippen MR) is 53.0 cm³/mol. The van der Waals surface area contributed by atoms with E-state index in [2.05, 4.69) is 16.3 Å². The van der Waals surface area contributed by atoms with Gasteiger partial charge in [-0.05, 0) is 12.1 Å². The van der Waals surface area contributed by atoms with Gasteiger partial charge < -0.3 is 4.74 Å². The third kappa shape index (κ3) is 2.41. The molecule has 0 aliphatic carbocycles. The van der Waals surface area contributed by atoms with Crippen molar-refractivity contribution in [3.05, 3.63) is 36.0 Å². The zero-order chi connectivity index (χ0) is 11.5. The summed E-state index contributed by atoms with van der Waals surface area (Å²) in [6, 6.07) is 2.42. The van der Waals surface area contributed by atoms with Gasteiger partial charge in [0.2, 0.25) is 0 Å². The van der Waals surface area contributed by atoms with Crippen molar-refractivity contribution in [1.82, 2.24) is 4.98 Å². The van der Waals surface area contributed by atoms with Crippen LogP contribution < -0.4 is 0 Å². The fraction of sp³-hybridized carbons (Fsp3) is 0.111. The lowest BCUT2D eigenvalue weighted by Crippen LogP contribution is -2.06. The van der Waals surface area contributed by atoms with E-state index in [-0.39, 0.29) is 10.6 Å². The average Bonchev–Trinajstić information content (AvgIpc) is 2.28. The van der Waals surface area contributed by atoms with E-state index in [1.54, 1.807) is 0 Å². The maximum absolute atomic E-state index is 11.4. The van der Waals surface area contributed by atoms with E-state index in [0.717, 1.165) is 11.5 Å². The largest absolute Gasteiger partial charge is 0.464 e. The van der Waals surface area contributed by atoms with E-state index < -0.39 is 15.8 Å². The molecular weight excluding hydrogens is 218 g/mol. The number of ether oxygens (including phenoxy) is 1. The van der Waals surface area contributed by atoms with Gasteiger partial charge in [0.25, 0.3) is 0 Å². The van der Waals surface area contributed by atoms with E-state index in [9.17, 15) is 13.2 Å². The number of hydrogen-bond acceptors (Lipinski definition) is 5. The quantitative estimate of drug-likeness (QED) is 0.713. The second kappa shape index (κ2) is 4.22. The highest BCUT2D eigenvalue weighted by Gasteiger charge is 2.14. The van der Waals surface area contributed by atoms with Crippen molar-refractivity contribution in [3.63, 3.8) is 0 Å². The highest BCUT2D eigenvalue weighted by Crippen LogP contribution is 2.12. The van der Waals surface area contributed by atoms with Gasteiger partial charge in [-0.2, -0.15) is 0 Å². The Kier molecular flexibility index (Phi) is 3.21. The number of methoxy groups -OCH3 is 1. The van der Waals surface area contributed by atoms with Crippen LogP contribution in [0.1, 0.15) is 10.5 Å². The van der Waals surface area contributed by atoms with E-state index in [4.69, 9.17) is 0 Å². The lowest BCUT2D eigenvalue weighted by Gasteiger charge is -2.01. The standard InChI is InChI=1S/C9H9NO4S/c1-3-15(12,13)7-4-5-10-8(6-7)9(11)14-2/h3-6H,1H2,2H3. The van der Waals surface area contributed by atoms with Gasteiger partial charge in [0.1, 0.15) is 5.69 Å². The summed E-state index contributed by atoms with van der Waals surface area (Å²) in [6.07, 6.45) is 1.22. The van der Waals surface area contributed by atoms with Gasteiger partial charge in [-0.25, -0.2) is 18.2 Å². The van der Waals surface area contributed by atoms with Crippen molar-refractivity contribution in [1.29, 1.82) is 0 Å². The number of esters is 1. The van der Waals surface area contributed by atoms with Crippen molar-refractivity contribution in [3.8, 4) is 0 Å². The Morgan fingerprint density at radius 1 is 1.60 bits per heavy atom. The summed E-state index contributed by atoms with van der Waals surface area (Å²) in [5, 5.41) is 0.809. The molecule has 0 aromatic carbocycles. The molecule has 0 fully saturated rings. The number of rotatable bonds is 3. The second-order valence-electron chi connectivity index (χ2n) is 2.58. The highest BCUT2D eigenvalue weighted by atomic mass is 32.2. The predicted octanol–water partition coefficient (Wildman–Crippen LogP) is 0.785. The lowest BCUT2D eigenvalue weighted by atomic mass is 10.3. The molecule has 6 heteroatoms. The molecule has 0 aliphatic heterocycles. The molecule has 0 N–H and O–H groups in total. The molecule has 0 saturated heterocycles. The topological polar surface area (TPSA) is 73.3 Å². The van der Waals surface area contributed by atoms with Crippen molar-refractivity contribution < 1.29 is 17.9 Å². The summed E-state index contributed by atoms with van der Waals surface area (Å²) in [5.74, 6) is -0.684. The molecule has 1 heterocycles. The van der Waals surface area contributed by atoms with E-state index in [1.165, 1.54) is 19.4 Å². The Balaban J connectivity index is 3.25. The van der Waals surface area contributed by atoms with Crippen LogP contribution in [0.3, 0.4) is 0 Å². The first kappa shape index (κ1) is 11.4. The van der Waals surface area contributed by atoms with Crippen LogP contribution in [0.15, 0.2) is 35.2 Å². The second-order valence-corrected chi connectivity index (χ2v) is 4.47. The fourth-order valence-electron chi connectivity index (χ4n) is 0.901. The van der Waals surface area contributed by atoms with Crippen LogP contribution in [-0.4, -0.2) is 26.5 Å². The van der Waals surface area contributed by atoms with Gasteiger partial charge in [-0.1, -0.05) is 6.58 Å². The van der Waals surface area contributed by atoms with Crippen LogP contribution in [0.25, 0.3) is 0 Å². The first-order valence-corrected chi connectivity index (χ1v) is 5.48. The minimum Gasteiger partial charge on any atom is -0.464 e. The Labute approximate surface area is 87.3 Å². The smallest absolute Gasteiger partial charge is 0.356 e. The van der Waals surface area contributed by atoms with Gasteiger partial charge in [0, 0.05) is 11.6 Å². The molecule has 1 rings (SSSR count). The van der Waals surface area contributed by atoms with Crippen LogP contribution in [0.5, 0.6) is 0 Å². The Hall–Kier alpha value is -1.69. The average molecular weight is 227 g/mol. The van der Waals surface area contributed by atoms with Crippen LogP contribution in [-0.2, 0) is 14.6 Å². The summed E-state index contributed by atoms with van der Waals surface area (Å²) in [6.45, 7) is 3.18. The summed E-state index contributed by atoms with van der Waals surface area (Å²) >= 11 is 0. The number of hydrogen-bond donors (Lipinski definition) is 0. The summed E-state index contributed by atoms with van der Waals surface area (Å²) in [4.78, 5) is 14.7. The van der Waals surface area contributed by atoms with Crippen LogP contribution in [0, 0.1) is 0 Å². The van der Waals surface area contributed by atoms with Gasteiger partial charge in [-0.3, -0.25) is 0 Å². The van der Waals surface area contributed by atoms with E-state index in [1.807, 2.05) is 0 Å². The van der Waals surface area contributed by atoms with Crippen molar-refractivity contribution in [2.24, 2.45) is 0 Å². The van der Waals surface area contributed by atoms with Crippen molar-refractivity contribution in [2.45, 2.75) is 4.90 Å². The number of sulfone groups is 1. The summed E-state index contributed by atoms with van der Waals surface area (Å²) < 4.78 is 27.1. The number of nitrogens with zero attached hydrogens (tertiary/aromatic N) is 1. The van der Waals surface area contributed by atoms with Crippen LogP contribution in [0.4, 0.5) is 0 Å². The SMILES string of the molecule is C=CS(=O)(=O)c1ccnc(C(=O)OC)c1. The fourth-order valence-corrected chi connectivity index (χ4v) is 1.62. The van der Waals surface area contributed by atoms with Gasteiger partial charge >= 0.3 is 5.97 Å². The molecule has 0 radical (unpaired) electrons. The molecular formula is C9H9NO4S. The Bertz CT molecular complexity index is 493. The number of carbonyl (C=O) groups is 1. The number of pyridine rings is 1. The Morgan fingerprint density at radius 3 is 2.80 bits per heavy atom. The minimum atomic E-state index is -3.55. The van der Waals surface area contributed by atoms with Gasteiger partial charge in [-0.15, -0.1) is 0 Å². The van der Waals surface area contributed by atoms with Crippen LogP contribution in [0.2, 0.25) is 0 Å². The molecule has 1 aromatic rings. The third-order valence-corrected chi connectivity index (χ3v) is 3.02. The lowest BCUT2D eigenvalue weighted by molar-refractivity contribution is 0.0593. The highest BCUT2D eigenvalue weighted by molar-refractivity contribution is 7.94. The molecule has 5 nitrogen and oxygen atoms in total.